The quantitative estimate of drug-likeness (QED) is 0.809. The van der Waals surface area contributed by atoms with Crippen LogP contribution >= 0.6 is 11.8 Å². The molecule has 0 aromatic carbocycles. The van der Waals surface area contributed by atoms with E-state index in [1.807, 2.05) is 0 Å². The molecule has 0 bridgehead atoms. The molecule has 0 radical (unpaired) electrons. The number of rotatable bonds is 6. The largest absolute Gasteiger partial charge is 0.354 e. The molecule has 6 heteroatoms. The van der Waals surface area contributed by atoms with Gasteiger partial charge in [0.05, 0.1) is 0 Å². The second-order valence-electron chi connectivity index (χ2n) is 4.67. The van der Waals surface area contributed by atoms with Gasteiger partial charge in [-0.2, -0.15) is 15.0 Å². The summed E-state index contributed by atoms with van der Waals surface area (Å²) in [7, 11) is 0. The van der Waals surface area contributed by atoms with E-state index < -0.39 is 0 Å². The Hall–Kier alpha value is -1.04. The number of hydrogen-bond acceptors (Lipinski definition) is 6. The molecule has 0 atom stereocenters. The summed E-state index contributed by atoms with van der Waals surface area (Å²) in [6.45, 7) is 7.19. The lowest BCUT2D eigenvalue weighted by Gasteiger charge is -2.26. The number of nitrogens with one attached hydrogen (secondary N) is 1. The average molecular weight is 281 g/mol. The van der Waals surface area contributed by atoms with Crippen LogP contribution in [0.5, 0.6) is 0 Å². The highest BCUT2D eigenvalue weighted by Crippen LogP contribution is 2.21. The summed E-state index contributed by atoms with van der Waals surface area (Å²) < 4.78 is 0. The molecule has 0 amide bonds. The Balaban J connectivity index is 2.17. The van der Waals surface area contributed by atoms with Gasteiger partial charge in [-0.05, 0) is 32.6 Å². The third-order valence-corrected chi connectivity index (χ3v) is 4.07. The fraction of sp³-hybridized carbons (Fsp3) is 0.769. The van der Waals surface area contributed by atoms with Gasteiger partial charge in [0, 0.05) is 25.4 Å². The predicted octanol–water partition coefficient (Wildman–Crippen LogP) is 2.80. The Morgan fingerprint density at radius 2 is 1.89 bits per heavy atom. The summed E-state index contributed by atoms with van der Waals surface area (Å²) in [6, 6.07) is 0. The van der Waals surface area contributed by atoms with Gasteiger partial charge in [0.1, 0.15) is 0 Å². The fourth-order valence-corrected chi connectivity index (χ4v) is 2.76. The summed E-state index contributed by atoms with van der Waals surface area (Å²) in [5.41, 5.74) is 0. The van der Waals surface area contributed by atoms with Crippen molar-refractivity contribution in [2.75, 3.05) is 35.6 Å². The smallest absolute Gasteiger partial charge is 0.231 e. The molecule has 0 saturated carbocycles. The first-order valence-corrected chi connectivity index (χ1v) is 8.19. The van der Waals surface area contributed by atoms with Crippen LogP contribution in [-0.4, -0.2) is 40.3 Å². The van der Waals surface area contributed by atoms with Gasteiger partial charge in [-0.1, -0.05) is 18.7 Å². The molecule has 1 aliphatic heterocycles. The third-order valence-electron chi connectivity index (χ3n) is 3.01. The second kappa shape index (κ2) is 7.53. The number of thioether (sulfide) groups is 1. The van der Waals surface area contributed by atoms with E-state index in [1.54, 1.807) is 11.8 Å². The van der Waals surface area contributed by atoms with Crippen LogP contribution in [0.1, 0.15) is 39.5 Å². The van der Waals surface area contributed by atoms with Gasteiger partial charge in [0.25, 0.3) is 0 Å². The van der Waals surface area contributed by atoms with Gasteiger partial charge >= 0.3 is 0 Å². The van der Waals surface area contributed by atoms with Crippen molar-refractivity contribution in [3.05, 3.63) is 0 Å². The Morgan fingerprint density at radius 3 is 2.58 bits per heavy atom. The van der Waals surface area contributed by atoms with Crippen molar-refractivity contribution in [1.82, 2.24) is 15.0 Å². The van der Waals surface area contributed by atoms with Crippen LogP contribution in [0.15, 0.2) is 5.16 Å². The van der Waals surface area contributed by atoms with E-state index in [-0.39, 0.29) is 0 Å². The minimum Gasteiger partial charge on any atom is -0.354 e. The molecule has 2 rings (SSSR count). The number of piperidine rings is 1. The Morgan fingerprint density at radius 1 is 1.11 bits per heavy atom. The highest BCUT2D eigenvalue weighted by Gasteiger charge is 2.16. The molecule has 1 N–H and O–H groups in total. The van der Waals surface area contributed by atoms with Crippen molar-refractivity contribution < 1.29 is 0 Å². The van der Waals surface area contributed by atoms with Crippen molar-refractivity contribution >= 4 is 23.7 Å². The highest BCUT2D eigenvalue weighted by molar-refractivity contribution is 7.99. The molecule has 1 aliphatic rings. The molecule has 106 valence electrons. The van der Waals surface area contributed by atoms with Gasteiger partial charge in [-0.15, -0.1) is 0 Å². The van der Waals surface area contributed by atoms with Gasteiger partial charge in [-0.3, -0.25) is 0 Å². The molecule has 0 aliphatic carbocycles. The van der Waals surface area contributed by atoms with E-state index in [9.17, 15) is 0 Å². The molecular weight excluding hydrogens is 258 g/mol. The number of hydrogen-bond donors (Lipinski definition) is 1. The second-order valence-corrected chi connectivity index (χ2v) is 5.73. The standard InChI is InChI=1S/C13H23N5S/c1-3-10-19-13-16-11(14-4-2)15-12(17-13)18-8-6-5-7-9-18/h3-10H2,1-2H3,(H,14,15,16,17). The lowest BCUT2D eigenvalue weighted by Crippen LogP contribution is -2.31. The zero-order valence-corrected chi connectivity index (χ0v) is 12.7. The van der Waals surface area contributed by atoms with E-state index in [0.717, 1.165) is 42.9 Å². The lowest BCUT2D eigenvalue weighted by molar-refractivity contribution is 0.565. The van der Waals surface area contributed by atoms with Crippen LogP contribution in [0, 0.1) is 0 Å². The van der Waals surface area contributed by atoms with Crippen molar-refractivity contribution in [2.45, 2.75) is 44.7 Å². The van der Waals surface area contributed by atoms with Gasteiger partial charge in [-0.25, -0.2) is 0 Å². The van der Waals surface area contributed by atoms with Crippen molar-refractivity contribution in [2.24, 2.45) is 0 Å². The van der Waals surface area contributed by atoms with Gasteiger partial charge < -0.3 is 10.2 Å². The lowest BCUT2D eigenvalue weighted by atomic mass is 10.1. The van der Waals surface area contributed by atoms with E-state index >= 15 is 0 Å². The molecular formula is C13H23N5S. The first kappa shape index (κ1) is 14.4. The van der Waals surface area contributed by atoms with E-state index in [0.29, 0.717) is 5.95 Å². The Kier molecular flexibility index (Phi) is 5.69. The van der Waals surface area contributed by atoms with E-state index in [1.165, 1.54) is 19.3 Å². The average Bonchev–Trinajstić information content (AvgIpc) is 2.46. The zero-order valence-electron chi connectivity index (χ0n) is 11.9. The molecule has 0 spiro atoms. The fourth-order valence-electron chi connectivity index (χ4n) is 2.08. The van der Waals surface area contributed by atoms with Crippen LogP contribution in [0.4, 0.5) is 11.9 Å². The van der Waals surface area contributed by atoms with Crippen LogP contribution in [-0.2, 0) is 0 Å². The van der Waals surface area contributed by atoms with Gasteiger partial charge in [0.2, 0.25) is 11.9 Å². The summed E-state index contributed by atoms with van der Waals surface area (Å²) in [6.07, 6.45) is 4.92. The molecule has 1 saturated heterocycles. The highest BCUT2D eigenvalue weighted by atomic mass is 32.2. The monoisotopic (exact) mass is 281 g/mol. The molecule has 0 unspecified atom stereocenters. The molecule has 1 fully saturated rings. The topological polar surface area (TPSA) is 53.9 Å². The normalized spacial score (nSPS) is 15.6. The molecule has 19 heavy (non-hydrogen) atoms. The van der Waals surface area contributed by atoms with Crippen molar-refractivity contribution in [3.63, 3.8) is 0 Å². The molecule has 5 nitrogen and oxygen atoms in total. The third kappa shape index (κ3) is 4.23. The minimum absolute atomic E-state index is 0.705. The first-order valence-electron chi connectivity index (χ1n) is 7.21. The summed E-state index contributed by atoms with van der Waals surface area (Å²) in [4.78, 5) is 15.9. The van der Waals surface area contributed by atoms with E-state index in [4.69, 9.17) is 0 Å². The SMILES string of the molecule is CCCSc1nc(NCC)nc(N2CCCCC2)n1. The van der Waals surface area contributed by atoms with Crippen LogP contribution < -0.4 is 10.2 Å². The number of nitrogens with zero attached hydrogens (tertiary/aromatic N) is 4. The maximum Gasteiger partial charge on any atom is 0.231 e. The first-order chi connectivity index (χ1) is 9.33. The van der Waals surface area contributed by atoms with Crippen molar-refractivity contribution in [1.29, 1.82) is 0 Å². The summed E-state index contributed by atoms with van der Waals surface area (Å²) in [5.74, 6) is 2.59. The van der Waals surface area contributed by atoms with Gasteiger partial charge in [0.15, 0.2) is 5.16 Å². The Bertz CT molecular complexity index is 393. The summed E-state index contributed by atoms with van der Waals surface area (Å²) >= 11 is 1.71. The minimum atomic E-state index is 0.705. The summed E-state index contributed by atoms with van der Waals surface area (Å²) in [5, 5.41) is 4.04. The molecule has 1 aromatic heterocycles. The van der Waals surface area contributed by atoms with Crippen molar-refractivity contribution in [3.8, 4) is 0 Å². The molecule has 1 aromatic rings. The van der Waals surface area contributed by atoms with Crippen LogP contribution in [0.25, 0.3) is 0 Å². The number of anilines is 2. The number of aromatic nitrogens is 3. The maximum atomic E-state index is 4.60. The maximum absolute atomic E-state index is 4.60. The van der Waals surface area contributed by atoms with E-state index in [2.05, 4.69) is 39.0 Å². The molecule has 2 heterocycles. The Labute approximate surface area is 119 Å². The zero-order chi connectivity index (χ0) is 13.5. The predicted molar refractivity (Wildman–Crippen MR) is 81.1 cm³/mol. The van der Waals surface area contributed by atoms with Crippen LogP contribution in [0.3, 0.4) is 0 Å². The van der Waals surface area contributed by atoms with Crippen LogP contribution in [0.2, 0.25) is 0 Å².